The minimum absolute atomic E-state index is 0.0803. The first kappa shape index (κ1) is 29.0. The molecule has 0 saturated carbocycles. The van der Waals surface area contributed by atoms with Crippen LogP contribution in [0.3, 0.4) is 0 Å². The first-order valence-corrected chi connectivity index (χ1v) is 11.6. The van der Waals surface area contributed by atoms with Gasteiger partial charge in [-0.25, -0.2) is 9.18 Å². The van der Waals surface area contributed by atoms with E-state index in [4.69, 9.17) is 35.8 Å². The number of aromatic amines is 1. The van der Waals surface area contributed by atoms with Crippen LogP contribution in [0.1, 0.15) is 35.4 Å². The molecule has 0 amide bonds. The lowest BCUT2D eigenvalue weighted by Crippen LogP contribution is -2.17. The molecule has 40 heavy (non-hydrogen) atoms. The number of nitrogens with one attached hydrogen (secondary N) is 2. The third-order valence-electron chi connectivity index (χ3n) is 5.39. The Balaban J connectivity index is 0.00000103. The standard InChI is InChI=1S/C24H21FN8O3.C2H4O2/c1-35-16-12-17(21(25)19(13-16)36-10-8-26)18(11-14-4-6-15(7-5-14)22(27)28)23-30-24(34)33(32-23)20-3-2-9-29-31-20;1-2(3)4/h2-7,9,12-13,18H,10-11H2,1H3,(H3,27,28)(H,30,32,34);1H3,(H,3,4). The van der Waals surface area contributed by atoms with Crippen LogP contribution in [0.2, 0.25) is 0 Å². The predicted molar refractivity (Wildman–Crippen MR) is 140 cm³/mol. The van der Waals surface area contributed by atoms with Gasteiger partial charge in [0.05, 0.1) is 13.0 Å². The first-order valence-electron chi connectivity index (χ1n) is 11.6. The molecule has 0 bridgehead atoms. The maximum absolute atomic E-state index is 15.7. The second kappa shape index (κ2) is 13.3. The van der Waals surface area contributed by atoms with Gasteiger partial charge in [-0.1, -0.05) is 24.3 Å². The van der Waals surface area contributed by atoms with Crippen molar-refractivity contribution in [2.75, 3.05) is 13.7 Å². The van der Waals surface area contributed by atoms with E-state index in [1.54, 1.807) is 36.4 Å². The fourth-order valence-electron chi connectivity index (χ4n) is 3.65. The molecule has 13 nitrogen and oxygen atoms in total. The molecule has 0 aliphatic heterocycles. The van der Waals surface area contributed by atoms with Gasteiger partial charge in [0.2, 0.25) is 0 Å². The molecule has 2 aromatic heterocycles. The number of benzene rings is 2. The van der Waals surface area contributed by atoms with Crippen LogP contribution >= 0.6 is 0 Å². The second-order valence-electron chi connectivity index (χ2n) is 8.17. The highest BCUT2D eigenvalue weighted by Gasteiger charge is 2.27. The van der Waals surface area contributed by atoms with Crippen molar-refractivity contribution >= 4 is 11.8 Å². The van der Waals surface area contributed by atoms with Crippen molar-refractivity contribution < 1.29 is 23.8 Å². The zero-order valence-electron chi connectivity index (χ0n) is 21.5. The number of rotatable bonds is 9. The lowest BCUT2D eigenvalue weighted by molar-refractivity contribution is -0.134. The molecule has 0 aliphatic carbocycles. The molecule has 1 atom stereocenters. The molecule has 1 unspecified atom stereocenters. The monoisotopic (exact) mass is 548 g/mol. The maximum atomic E-state index is 15.7. The quantitative estimate of drug-likeness (QED) is 0.177. The molecule has 14 heteroatoms. The summed E-state index contributed by atoms with van der Waals surface area (Å²) < 4.78 is 27.3. The largest absolute Gasteiger partial charge is 0.497 e. The number of nitrogens with two attached hydrogens (primary N) is 1. The number of carbonyl (C=O) groups is 1. The van der Waals surface area contributed by atoms with Crippen molar-refractivity contribution in [1.82, 2.24) is 25.0 Å². The summed E-state index contributed by atoms with van der Waals surface area (Å²) in [6.07, 6.45) is 1.68. The minimum Gasteiger partial charge on any atom is -0.497 e. The molecule has 2 aromatic carbocycles. The van der Waals surface area contributed by atoms with Crippen molar-refractivity contribution in [1.29, 1.82) is 10.7 Å². The Morgan fingerprint density at radius 3 is 2.58 bits per heavy atom. The van der Waals surface area contributed by atoms with Gasteiger partial charge in [-0.2, -0.15) is 15.0 Å². The van der Waals surface area contributed by atoms with Gasteiger partial charge in [0.15, 0.2) is 24.0 Å². The number of carboxylic acids is 1. The summed E-state index contributed by atoms with van der Waals surface area (Å²) in [5.74, 6) is -1.93. The average molecular weight is 549 g/mol. The second-order valence-corrected chi connectivity index (χ2v) is 8.17. The van der Waals surface area contributed by atoms with Gasteiger partial charge in [0, 0.05) is 30.3 Å². The SMILES string of the molecule is CC(=O)O.COc1cc(OCC#N)c(F)c(C(Cc2ccc(C(=N)N)cc2)c2nn(-c3cccnn3)c(=O)[nH]2)c1. The Kier molecular flexibility index (Phi) is 9.63. The zero-order chi connectivity index (χ0) is 29.2. The van der Waals surface area contributed by atoms with Crippen LogP contribution in [0.15, 0.2) is 59.5 Å². The summed E-state index contributed by atoms with van der Waals surface area (Å²) in [6, 6.07) is 14.7. The molecule has 0 spiro atoms. The van der Waals surface area contributed by atoms with E-state index in [1.807, 2.05) is 6.07 Å². The number of aliphatic carboxylic acids is 1. The van der Waals surface area contributed by atoms with Gasteiger partial charge >= 0.3 is 5.69 Å². The normalized spacial score (nSPS) is 10.9. The van der Waals surface area contributed by atoms with Gasteiger partial charge in [0.1, 0.15) is 23.5 Å². The Morgan fingerprint density at radius 2 is 2.00 bits per heavy atom. The van der Waals surface area contributed by atoms with E-state index in [9.17, 15) is 4.79 Å². The molecule has 2 heterocycles. The van der Waals surface area contributed by atoms with E-state index < -0.39 is 23.4 Å². The number of hydrogen-bond donors (Lipinski definition) is 4. The summed E-state index contributed by atoms with van der Waals surface area (Å²) >= 11 is 0. The molecule has 0 aliphatic rings. The van der Waals surface area contributed by atoms with Crippen LogP contribution < -0.4 is 20.9 Å². The summed E-state index contributed by atoms with van der Waals surface area (Å²) in [5.41, 5.74) is 6.41. The molecule has 0 saturated heterocycles. The number of nitriles is 1. The number of ether oxygens (including phenoxy) is 2. The summed E-state index contributed by atoms with van der Waals surface area (Å²) in [7, 11) is 1.42. The summed E-state index contributed by atoms with van der Waals surface area (Å²) in [5, 5.41) is 36.0. The number of nitrogen functional groups attached to an aromatic ring is 1. The van der Waals surface area contributed by atoms with Gasteiger partial charge in [-0.15, -0.1) is 10.2 Å². The molecule has 0 fully saturated rings. The Hall–Kier alpha value is -5.58. The van der Waals surface area contributed by atoms with E-state index in [0.717, 1.165) is 17.2 Å². The Labute approximate surface area is 227 Å². The van der Waals surface area contributed by atoms with Crippen LogP contribution in [-0.2, 0) is 11.2 Å². The van der Waals surface area contributed by atoms with Crippen molar-refractivity contribution in [3.05, 3.63) is 93.5 Å². The number of hydrogen-bond acceptors (Lipinski definition) is 9. The van der Waals surface area contributed by atoms with Crippen LogP contribution in [0.5, 0.6) is 11.5 Å². The van der Waals surface area contributed by atoms with Crippen molar-refractivity contribution in [3.63, 3.8) is 0 Å². The van der Waals surface area contributed by atoms with Gasteiger partial charge < -0.3 is 20.3 Å². The third kappa shape index (κ3) is 7.25. The van der Waals surface area contributed by atoms with E-state index in [1.165, 1.54) is 25.4 Å². The number of methoxy groups -OCH3 is 1. The highest BCUT2D eigenvalue weighted by Crippen LogP contribution is 2.36. The fraction of sp³-hybridized carbons (Fsp3) is 0.192. The summed E-state index contributed by atoms with van der Waals surface area (Å²) in [4.78, 5) is 24.4. The molecular weight excluding hydrogens is 523 g/mol. The lowest BCUT2D eigenvalue weighted by atomic mass is 9.90. The highest BCUT2D eigenvalue weighted by molar-refractivity contribution is 5.94. The van der Waals surface area contributed by atoms with Gasteiger partial charge in [0.25, 0.3) is 5.97 Å². The van der Waals surface area contributed by atoms with Crippen molar-refractivity contribution in [2.45, 2.75) is 19.3 Å². The first-order chi connectivity index (χ1) is 19.1. The maximum Gasteiger partial charge on any atom is 0.349 e. The van der Waals surface area contributed by atoms with Crippen LogP contribution in [0, 0.1) is 22.6 Å². The van der Waals surface area contributed by atoms with Crippen LogP contribution in [0.4, 0.5) is 4.39 Å². The zero-order valence-corrected chi connectivity index (χ0v) is 21.5. The number of carboxylic acid groups (broad SMARTS) is 1. The number of H-pyrrole nitrogens is 1. The van der Waals surface area contributed by atoms with Crippen molar-refractivity contribution in [3.8, 4) is 23.4 Å². The van der Waals surface area contributed by atoms with Gasteiger partial charge in [-0.3, -0.25) is 15.2 Å². The van der Waals surface area contributed by atoms with Crippen molar-refractivity contribution in [2.24, 2.45) is 5.73 Å². The number of aromatic nitrogens is 5. The number of amidine groups is 1. The van der Waals surface area contributed by atoms with Gasteiger partial charge in [-0.05, 0) is 30.2 Å². The van der Waals surface area contributed by atoms with Crippen LogP contribution in [0.25, 0.3) is 5.82 Å². The topological polar surface area (TPSA) is 206 Å². The molecule has 5 N–H and O–H groups in total. The van der Waals surface area contributed by atoms with E-state index in [0.29, 0.717) is 11.3 Å². The molecule has 0 radical (unpaired) electrons. The smallest absolute Gasteiger partial charge is 0.349 e. The molecular formula is C26H25FN8O5. The minimum atomic E-state index is -0.833. The Bertz CT molecular complexity index is 1580. The molecule has 206 valence electrons. The number of nitrogens with zero attached hydrogens (tertiary/aromatic N) is 5. The number of halogens is 1. The fourth-order valence-corrected chi connectivity index (χ4v) is 3.65. The van der Waals surface area contributed by atoms with E-state index in [2.05, 4.69) is 20.3 Å². The lowest BCUT2D eigenvalue weighted by Gasteiger charge is -2.19. The summed E-state index contributed by atoms with van der Waals surface area (Å²) in [6.45, 7) is 0.721. The predicted octanol–water partition coefficient (Wildman–Crippen LogP) is 2.15. The highest BCUT2D eigenvalue weighted by atomic mass is 19.1. The van der Waals surface area contributed by atoms with Crippen LogP contribution in [-0.4, -0.2) is 55.6 Å². The molecule has 4 rings (SSSR count). The van der Waals surface area contributed by atoms with E-state index in [-0.39, 0.29) is 41.8 Å². The molecule has 4 aromatic rings. The Morgan fingerprint density at radius 1 is 1.30 bits per heavy atom. The average Bonchev–Trinajstić information content (AvgIpc) is 3.33. The third-order valence-corrected chi connectivity index (χ3v) is 5.39. The van der Waals surface area contributed by atoms with E-state index >= 15 is 4.39 Å².